The molecule has 1 aromatic carbocycles. The molecule has 0 bridgehead atoms. The monoisotopic (exact) mass is 366 g/mol. The summed E-state index contributed by atoms with van der Waals surface area (Å²) in [6.07, 6.45) is 9.09. The van der Waals surface area contributed by atoms with Gasteiger partial charge in [-0.2, -0.15) is 0 Å². The molecule has 27 heavy (non-hydrogen) atoms. The lowest BCUT2D eigenvalue weighted by Crippen LogP contribution is -2.31. The lowest BCUT2D eigenvalue weighted by atomic mass is 10.0. The lowest BCUT2D eigenvalue weighted by molar-refractivity contribution is -0.151. The normalized spacial score (nSPS) is 18.2. The predicted octanol–water partition coefficient (Wildman–Crippen LogP) is 1.65. The third-order valence-corrected chi connectivity index (χ3v) is 4.23. The fraction of sp³-hybridized carbons (Fsp3) is 0.190. The number of carbonyl (C=O) groups excluding carboxylic acids is 3. The van der Waals surface area contributed by atoms with E-state index in [2.05, 4.69) is 0 Å². The maximum atomic E-state index is 12.7. The van der Waals surface area contributed by atoms with Crippen molar-refractivity contribution in [2.45, 2.75) is 27.1 Å². The zero-order valence-corrected chi connectivity index (χ0v) is 15.1. The first kappa shape index (κ1) is 18.4. The van der Waals surface area contributed by atoms with Crippen LogP contribution in [0.3, 0.4) is 0 Å². The van der Waals surface area contributed by atoms with Gasteiger partial charge < -0.3 is 14.2 Å². The molecular formula is C21H18O6. The lowest BCUT2D eigenvalue weighted by Gasteiger charge is -2.11. The number of ether oxygens (including phenoxy) is 3. The quantitative estimate of drug-likeness (QED) is 0.250. The Bertz CT molecular complexity index is 1040. The average molecular weight is 366 g/mol. The number of aryl methyl sites for hydroxylation is 1. The maximum Gasteiger partial charge on any atom is 0.348 e. The summed E-state index contributed by atoms with van der Waals surface area (Å²) in [4.78, 5) is 35.8. The van der Waals surface area contributed by atoms with E-state index >= 15 is 0 Å². The van der Waals surface area contributed by atoms with Gasteiger partial charge in [0.15, 0.2) is 5.78 Å². The number of carbonyl (C=O) groups is 3. The predicted molar refractivity (Wildman–Crippen MR) is 97.6 cm³/mol. The van der Waals surface area contributed by atoms with Gasteiger partial charge in [-0.25, -0.2) is 4.79 Å². The second-order valence-electron chi connectivity index (χ2n) is 6.00. The molecule has 1 aromatic rings. The molecule has 6 nitrogen and oxygen atoms in total. The fourth-order valence-corrected chi connectivity index (χ4v) is 3.13. The van der Waals surface area contributed by atoms with Gasteiger partial charge in [0.2, 0.25) is 0 Å². The highest BCUT2D eigenvalue weighted by molar-refractivity contribution is 6.43. The maximum absolute atomic E-state index is 12.7. The standard InChI is InChI=1S/C21H18O6/c1-4-5-6-7-8-9-15(23)17-18-16-13(3)26-21(25-11-22)14(16)10-12(2)19(18)27-20(17)24/h4-11,21H,1-3H3/t21-/m0/s1. The van der Waals surface area contributed by atoms with E-state index in [-0.39, 0.29) is 5.57 Å². The largest absolute Gasteiger partial charge is 0.454 e. The first-order chi connectivity index (χ1) is 13.0. The Morgan fingerprint density at radius 3 is 2.59 bits per heavy atom. The molecule has 2 aliphatic heterocycles. The number of benzene rings is 1. The van der Waals surface area contributed by atoms with Crippen LogP contribution < -0.4 is 15.2 Å². The van der Waals surface area contributed by atoms with Crippen LogP contribution in [-0.2, 0) is 23.9 Å². The van der Waals surface area contributed by atoms with Crippen molar-refractivity contribution < 1.29 is 28.6 Å². The van der Waals surface area contributed by atoms with Crippen LogP contribution in [0.15, 0.2) is 42.5 Å². The van der Waals surface area contributed by atoms with Gasteiger partial charge in [0.05, 0.1) is 0 Å². The van der Waals surface area contributed by atoms with E-state index < -0.39 is 18.0 Å². The van der Waals surface area contributed by atoms with Gasteiger partial charge in [-0.15, -0.1) is 0 Å². The van der Waals surface area contributed by atoms with Crippen molar-refractivity contribution in [1.29, 1.82) is 0 Å². The number of ketones is 1. The molecule has 6 heteroatoms. The molecule has 0 fully saturated rings. The Balaban J connectivity index is 2.20. The van der Waals surface area contributed by atoms with Crippen molar-refractivity contribution >= 4 is 29.6 Å². The van der Waals surface area contributed by atoms with Crippen LogP contribution >= 0.6 is 0 Å². The van der Waals surface area contributed by atoms with E-state index in [4.69, 9.17) is 14.2 Å². The molecule has 0 amide bonds. The third kappa shape index (κ3) is 3.21. The minimum Gasteiger partial charge on any atom is -0.454 e. The van der Waals surface area contributed by atoms with Gasteiger partial charge in [0, 0.05) is 16.0 Å². The number of hydrogen-bond acceptors (Lipinski definition) is 6. The molecule has 0 spiro atoms. The van der Waals surface area contributed by atoms with Crippen LogP contribution in [-0.4, -0.2) is 18.2 Å². The van der Waals surface area contributed by atoms with Crippen molar-refractivity contribution in [3.63, 3.8) is 0 Å². The van der Waals surface area contributed by atoms with Crippen LogP contribution in [0.25, 0.3) is 11.3 Å². The van der Waals surface area contributed by atoms with Gasteiger partial charge >= 0.3 is 5.97 Å². The van der Waals surface area contributed by atoms with Gasteiger partial charge in [0.1, 0.15) is 17.1 Å². The van der Waals surface area contributed by atoms with E-state index in [1.54, 1.807) is 38.1 Å². The van der Waals surface area contributed by atoms with Gasteiger partial charge in [0.25, 0.3) is 12.8 Å². The zero-order chi connectivity index (χ0) is 19.6. The molecule has 0 radical (unpaired) electrons. The molecule has 0 N–H and O–H groups in total. The SMILES string of the molecule is CC=CC=CC=CC(=O)C1=c2c(c(C)cc3c2=C(C)O[C@@H]3OC=O)OC1=O. The number of hydrogen-bond donors (Lipinski definition) is 0. The minimum absolute atomic E-state index is 0.0599. The zero-order valence-electron chi connectivity index (χ0n) is 15.1. The van der Waals surface area contributed by atoms with Crippen molar-refractivity contribution in [2.24, 2.45) is 0 Å². The summed E-state index contributed by atoms with van der Waals surface area (Å²) in [5.41, 5.74) is 1.17. The number of rotatable bonds is 6. The Labute approximate surface area is 155 Å². The average Bonchev–Trinajstić information content (AvgIpc) is 3.12. The smallest absolute Gasteiger partial charge is 0.348 e. The van der Waals surface area contributed by atoms with Crippen LogP contribution in [0.4, 0.5) is 0 Å². The number of esters is 1. The van der Waals surface area contributed by atoms with Crippen molar-refractivity contribution in [1.82, 2.24) is 0 Å². The molecule has 138 valence electrons. The van der Waals surface area contributed by atoms with Crippen LogP contribution in [0.2, 0.25) is 0 Å². The molecule has 1 atom stereocenters. The summed E-state index contributed by atoms with van der Waals surface area (Å²) < 4.78 is 15.9. The van der Waals surface area contributed by atoms with Gasteiger partial charge in [-0.3, -0.25) is 9.59 Å². The van der Waals surface area contributed by atoms with Crippen molar-refractivity contribution in [2.75, 3.05) is 0 Å². The highest BCUT2D eigenvalue weighted by Gasteiger charge is 2.34. The van der Waals surface area contributed by atoms with Crippen molar-refractivity contribution in [3.8, 4) is 5.75 Å². The number of fused-ring (bicyclic) bond motifs is 3. The fourth-order valence-electron chi connectivity index (χ4n) is 3.13. The summed E-state index contributed by atoms with van der Waals surface area (Å²) in [6.45, 7) is 5.61. The molecule has 2 aliphatic rings. The van der Waals surface area contributed by atoms with E-state index in [0.717, 1.165) is 0 Å². The molecule has 0 unspecified atom stereocenters. The summed E-state index contributed by atoms with van der Waals surface area (Å²) >= 11 is 0. The Morgan fingerprint density at radius 1 is 1.15 bits per heavy atom. The summed E-state index contributed by atoms with van der Waals surface area (Å²) in [5.74, 6) is -0.395. The van der Waals surface area contributed by atoms with E-state index in [9.17, 15) is 14.4 Å². The van der Waals surface area contributed by atoms with E-state index in [0.29, 0.717) is 39.5 Å². The molecule has 0 aromatic heterocycles. The Hall–Kier alpha value is -3.41. The van der Waals surface area contributed by atoms with Crippen LogP contribution in [0.5, 0.6) is 5.75 Å². The molecule has 0 saturated heterocycles. The van der Waals surface area contributed by atoms with Gasteiger partial charge in [-0.05, 0) is 38.5 Å². The third-order valence-electron chi connectivity index (χ3n) is 4.23. The highest BCUT2D eigenvalue weighted by atomic mass is 16.7. The topological polar surface area (TPSA) is 78.9 Å². The minimum atomic E-state index is -0.909. The first-order valence-corrected chi connectivity index (χ1v) is 8.36. The second kappa shape index (κ2) is 7.45. The molecular weight excluding hydrogens is 348 g/mol. The van der Waals surface area contributed by atoms with Crippen molar-refractivity contribution in [3.05, 3.63) is 64.1 Å². The molecule has 2 heterocycles. The molecule has 0 saturated carbocycles. The van der Waals surface area contributed by atoms with Crippen LogP contribution in [0.1, 0.15) is 31.3 Å². The van der Waals surface area contributed by atoms with Gasteiger partial charge in [-0.1, -0.05) is 30.4 Å². The first-order valence-electron chi connectivity index (χ1n) is 8.36. The Kier molecular flexibility index (Phi) is 5.07. The van der Waals surface area contributed by atoms with E-state index in [1.807, 2.05) is 19.1 Å². The van der Waals surface area contributed by atoms with E-state index in [1.165, 1.54) is 6.08 Å². The Morgan fingerprint density at radius 2 is 1.89 bits per heavy atom. The van der Waals surface area contributed by atoms with Crippen LogP contribution in [0, 0.1) is 6.92 Å². The molecule has 3 rings (SSSR count). The number of allylic oxidation sites excluding steroid dienone is 6. The summed E-state index contributed by atoms with van der Waals surface area (Å²) in [5, 5.41) is 0.936. The molecule has 0 aliphatic carbocycles. The highest BCUT2D eigenvalue weighted by Crippen LogP contribution is 2.29. The summed E-state index contributed by atoms with van der Waals surface area (Å²) in [6, 6.07) is 1.73. The summed E-state index contributed by atoms with van der Waals surface area (Å²) in [7, 11) is 0. The second-order valence-corrected chi connectivity index (χ2v) is 6.00.